The van der Waals surface area contributed by atoms with Crippen molar-refractivity contribution in [1.82, 2.24) is 19.7 Å². The summed E-state index contributed by atoms with van der Waals surface area (Å²) in [6.45, 7) is 0.716. The molecule has 9 nitrogen and oxygen atoms in total. The molecule has 0 saturated carbocycles. The molecule has 2 heterocycles. The monoisotopic (exact) mass is 435 g/mol. The van der Waals surface area contributed by atoms with E-state index in [-0.39, 0.29) is 29.6 Å². The Morgan fingerprint density at radius 2 is 1.97 bits per heavy atom. The largest absolute Gasteiger partial charge is 0.393 e. The number of hydrogen-bond acceptors (Lipinski definition) is 8. The fourth-order valence-electron chi connectivity index (χ4n) is 3.13. The second-order valence-corrected chi connectivity index (χ2v) is 6.97. The van der Waals surface area contributed by atoms with Crippen molar-refractivity contribution < 1.29 is 13.7 Å². The maximum absolute atomic E-state index is 14.2. The van der Waals surface area contributed by atoms with E-state index in [9.17, 15) is 4.39 Å². The van der Waals surface area contributed by atoms with Crippen LogP contribution in [0.2, 0.25) is 0 Å². The molecule has 0 fully saturated rings. The van der Waals surface area contributed by atoms with Crippen molar-refractivity contribution in [3.8, 4) is 11.4 Å². The standard InChI is InChI=1S/C22H22FN7O2/c1-31-13-19(30(25)18-5-3-2-4-17(18)23)20(24)22-27-21(28-32-22)16-8-6-15(7-9-16)12-29-11-10-26-14-29/h2-11,14H,12-13,24-25H2,1H3/b20-19-. The molecule has 0 saturated heterocycles. The summed E-state index contributed by atoms with van der Waals surface area (Å²) in [4.78, 5) is 8.42. The summed E-state index contributed by atoms with van der Waals surface area (Å²) in [6.07, 6.45) is 5.39. The highest BCUT2D eigenvalue weighted by Crippen LogP contribution is 2.24. The van der Waals surface area contributed by atoms with Gasteiger partial charge in [-0.05, 0) is 17.7 Å². The molecule has 10 heteroatoms. The average Bonchev–Trinajstić information content (AvgIpc) is 3.50. The van der Waals surface area contributed by atoms with E-state index in [2.05, 4.69) is 15.1 Å². The first-order valence-electron chi connectivity index (χ1n) is 9.73. The Balaban J connectivity index is 1.59. The summed E-state index contributed by atoms with van der Waals surface area (Å²) in [7, 11) is 1.48. The molecule has 0 unspecified atom stereocenters. The van der Waals surface area contributed by atoms with Crippen LogP contribution in [0.1, 0.15) is 11.5 Å². The molecule has 4 rings (SSSR count). The first kappa shape index (κ1) is 21.2. The molecule has 32 heavy (non-hydrogen) atoms. The number of halogens is 1. The van der Waals surface area contributed by atoms with Crippen molar-refractivity contribution >= 4 is 11.4 Å². The fraction of sp³-hybridized carbons (Fsp3) is 0.136. The Morgan fingerprint density at radius 3 is 2.66 bits per heavy atom. The molecule has 0 aliphatic heterocycles. The minimum atomic E-state index is -0.501. The number of nitrogens with zero attached hydrogens (tertiary/aromatic N) is 5. The van der Waals surface area contributed by atoms with Gasteiger partial charge in [-0.3, -0.25) is 5.01 Å². The van der Waals surface area contributed by atoms with Crippen molar-refractivity contribution in [2.24, 2.45) is 11.6 Å². The summed E-state index contributed by atoms with van der Waals surface area (Å²) in [5.41, 5.74) is 8.62. The maximum atomic E-state index is 14.2. The van der Waals surface area contributed by atoms with Gasteiger partial charge >= 0.3 is 0 Å². The number of aromatic nitrogens is 4. The Labute approximate surface area is 183 Å². The zero-order valence-corrected chi connectivity index (χ0v) is 17.4. The van der Waals surface area contributed by atoms with Crippen molar-refractivity contribution in [3.63, 3.8) is 0 Å². The molecule has 2 aromatic carbocycles. The molecule has 0 aliphatic carbocycles. The number of hydrogen-bond donors (Lipinski definition) is 2. The quantitative estimate of drug-likeness (QED) is 0.320. The SMILES string of the molecule is COC/C(=C(/N)c1nc(-c2ccc(Cn3ccnc3)cc2)no1)N(N)c1ccccc1F. The van der Waals surface area contributed by atoms with Gasteiger partial charge in [-0.15, -0.1) is 0 Å². The van der Waals surface area contributed by atoms with E-state index in [0.717, 1.165) is 16.1 Å². The second kappa shape index (κ2) is 9.41. The van der Waals surface area contributed by atoms with E-state index in [1.54, 1.807) is 24.7 Å². The van der Waals surface area contributed by atoms with Gasteiger partial charge in [0.2, 0.25) is 5.82 Å². The van der Waals surface area contributed by atoms with Crippen LogP contribution in [-0.4, -0.2) is 33.4 Å². The van der Waals surface area contributed by atoms with Gasteiger partial charge in [0, 0.05) is 31.6 Å². The lowest BCUT2D eigenvalue weighted by atomic mass is 10.1. The third-order valence-corrected chi connectivity index (χ3v) is 4.79. The highest BCUT2D eigenvalue weighted by atomic mass is 19.1. The molecule has 0 bridgehead atoms. The summed E-state index contributed by atoms with van der Waals surface area (Å²) in [5, 5.41) is 5.13. The van der Waals surface area contributed by atoms with Crippen LogP contribution in [-0.2, 0) is 11.3 Å². The highest BCUT2D eigenvalue weighted by Gasteiger charge is 2.20. The van der Waals surface area contributed by atoms with Crippen LogP contribution in [0.25, 0.3) is 17.1 Å². The van der Waals surface area contributed by atoms with E-state index in [4.69, 9.17) is 20.8 Å². The molecule has 0 amide bonds. The van der Waals surface area contributed by atoms with Crippen LogP contribution in [0, 0.1) is 5.82 Å². The Morgan fingerprint density at radius 1 is 1.19 bits per heavy atom. The van der Waals surface area contributed by atoms with Gasteiger partial charge in [-0.1, -0.05) is 41.6 Å². The van der Waals surface area contributed by atoms with E-state index >= 15 is 0 Å². The van der Waals surface area contributed by atoms with Gasteiger partial charge in [0.25, 0.3) is 5.89 Å². The number of nitrogens with two attached hydrogens (primary N) is 2. The Kier molecular flexibility index (Phi) is 6.24. The number of benzene rings is 2. The lowest BCUT2D eigenvalue weighted by Gasteiger charge is -2.23. The molecule has 0 spiro atoms. The van der Waals surface area contributed by atoms with Crippen LogP contribution in [0.3, 0.4) is 0 Å². The number of para-hydroxylation sites is 1. The molecular formula is C22H22FN7O2. The normalized spacial score (nSPS) is 12.0. The Bertz CT molecular complexity index is 1200. The van der Waals surface area contributed by atoms with Gasteiger partial charge in [-0.2, -0.15) is 4.98 Å². The number of hydrazine groups is 1. The number of ether oxygens (including phenoxy) is 1. The van der Waals surface area contributed by atoms with Gasteiger partial charge in [0.1, 0.15) is 11.5 Å². The molecule has 0 radical (unpaired) electrons. The first-order valence-corrected chi connectivity index (χ1v) is 9.73. The smallest absolute Gasteiger partial charge is 0.276 e. The van der Waals surface area contributed by atoms with E-state index in [0.29, 0.717) is 12.4 Å². The van der Waals surface area contributed by atoms with Gasteiger partial charge in [0.05, 0.1) is 24.3 Å². The van der Waals surface area contributed by atoms with Crippen LogP contribution < -0.4 is 16.6 Å². The first-order chi connectivity index (χ1) is 15.6. The van der Waals surface area contributed by atoms with Crippen molar-refractivity contribution in [3.05, 3.63) is 90.2 Å². The Hall–Kier alpha value is -4.02. The van der Waals surface area contributed by atoms with Crippen LogP contribution >= 0.6 is 0 Å². The van der Waals surface area contributed by atoms with Gasteiger partial charge in [0.15, 0.2) is 0 Å². The van der Waals surface area contributed by atoms with Crippen LogP contribution in [0.4, 0.5) is 10.1 Å². The highest BCUT2D eigenvalue weighted by molar-refractivity contribution is 5.67. The van der Waals surface area contributed by atoms with Crippen LogP contribution in [0.5, 0.6) is 0 Å². The summed E-state index contributed by atoms with van der Waals surface area (Å²) >= 11 is 0. The zero-order valence-electron chi connectivity index (χ0n) is 17.4. The lowest BCUT2D eigenvalue weighted by Crippen LogP contribution is -2.35. The van der Waals surface area contributed by atoms with Crippen molar-refractivity contribution in [2.45, 2.75) is 6.54 Å². The number of imidazole rings is 1. The van der Waals surface area contributed by atoms with Crippen LogP contribution in [0.15, 0.2) is 77.5 Å². The predicted octanol–water partition coefficient (Wildman–Crippen LogP) is 2.77. The van der Waals surface area contributed by atoms with E-state index < -0.39 is 5.82 Å². The topological polar surface area (TPSA) is 121 Å². The number of anilines is 1. The fourth-order valence-corrected chi connectivity index (χ4v) is 3.13. The molecule has 0 atom stereocenters. The second-order valence-electron chi connectivity index (χ2n) is 6.97. The molecule has 0 aliphatic rings. The average molecular weight is 435 g/mol. The predicted molar refractivity (Wildman–Crippen MR) is 117 cm³/mol. The molecule has 4 aromatic rings. The van der Waals surface area contributed by atoms with Crippen molar-refractivity contribution in [1.29, 1.82) is 0 Å². The van der Waals surface area contributed by atoms with Gasteiger partial charge in [-0.25, -0.2) is 15.2 Å². The lowest BCUT2D eigenvalue weighted by molar-refractivity contribution is 0.223. The third-order valence-electron chi connectivity index (χ3n) is 4.79. The zero-order chi connectivity index (χ0) is 22.5. The van der Waals surface area contributed by atoms with E-state index in [1.165, 1.54) is 19.2 Å². The summed E-state index contributed by atoms with van der Waals surface area (Å²) in [6, 6.07) is 13.8. The molecule has 164 valence electrons. The minimum Gasteiger partial charge on any atom is -0.393 e. The summed E-state index contributed by atoms with van der Waals surface area (Å²) in [5.74, 6) is 6.05. The number of methoxy groups -OCH3 is 1. The summed E-state index contributed by atoms with van der Waals surface area (Å²) < 4.78 is 26.7. The van der Waals surface area contributed by atoms with E-state index in [1.807, 2.05) is 35.0 Å². The molecule has 2 aromatic heterocycles. The maximum Gasteiger partial charge on any atom is 0.276 e. The van der Waals surface area contributed by atoms with Crippen molar-refractivity contribution in [2.75, 3.05) is 18.7 Å². The third kappa shape index (κ3) is 4.51. The molecule has 4 N–H and O–H groups in total. The number of rotatable bonds is 8. The minimum absolute atomic E-state index is 0.0112. The molecular weight excluding hydrogens is 413 g/mol. The van der Waals surface area contributed by atoms with Gasteiger partial charge < -0.3 is 19.6 Å².